The summed E-state index contributed by atoms with van der Waals surface area (Å²) in [7, 11) is 1.57. The zero-order chi connectivity index (χ0) is 22.5. The Morgan fingerprint density at radius 3 is 2.75 bits per heavy atom. The van der Waals surface area contributed by atoms with Crippen LogP contribution in [0.5, 0.6) is 5.88 Å². The van der Waals surface area contributed by atoms with Crippen LogP contribution < -0.4 is 4.74 Å². The summed E-state index contributed by atoms with van der Waals surface area (Å²) >= 11 is 0. The minimum atomic E-state index is -0.300. The van der Waals surface area contributed by atoms with E-state index >= 15 is 0 Å². The summed E-state index contributed by atoms with van der Waals surface area (Å²) in [6, 6.07) is 7.72. The molecule has 2 amide bonds. The number of carbonyl (C=O) groups excluding carboxylic acids is 2. The summed E-state index contributed by atoms with van der Waals surface area (Å²) in [5, 5.41) is 0. The van der Waals surface area contributed by atoms with Crippen LogP contribution in [0.3, 0.4) is 0 Å². The SMILES string of the molecule is COc1ccc([C@H](CC(C)=O)N2CCN(CCCc3ccc4c(n3)CCCC4)C2=O)cn1. The van der Waals surface area contributed by atoms with Gasteiger partial charge in [-0.1, -0.05) is 12.1 Å². The molecule has 3 heterocycles. The highest BCUT2D eigenvalue weighted by Gasteiger charge is 2.34. The molecule has 170 valence electrons. The average molecular weight is 437 g/mol. The molecule has 0 aromatic carbocycles. The van der Waals surface area contributed by atoms with Crippen molar-refractivity contribution in [1.29, 1.82) is 0 Å². The van der Waals surface area contributed by atoms with Crippen molar-refractivity contribution in [3.8, 4) is 5.88 Å². The highest BCUT2D eigenvalue weighted by Crippen LogP contribution is 2.29. The van der Waals surface area contributed by atoms with E-state index in [9.17, 15) is 9.59 Å². The average Bonchev–Trinajstić information content (AvgIpc) is 3.17. The molecule has 2 aromatic heterocycles. The van der Waals surface area contributed by atoms with Crippen molar-refractivity contribution in [1.82, 2.24) is 19.8 Å². The third-order valence-electron chi connectivity index (χ3n) is 6.43. The Labute approximate surface area is 189 Å². The molecule has 0 N–H and O–H groups in total. The molecule has 1 saturated heterocycles. The number of ether oxygens (including phenoxy) is 1. The van der Waals surface area contributed by atoms with Gasteiger partial charge in [0.25, 0.3) is 0 Å². The molecule has 2 aromatic rings. The normalized spacial score (nSPS) is 16.8. The van der Waals surface area contributed by atoms with Crippen LogP contribution in [-0.2, 0) is 24.1 Å². The summed E-state index contributed by atoms with van der Waals surface area (Å²) in [5.74, 6) is 0.566. The Bertz CT molecular complexity index is 960. The van der Waals surface area contributed by atoms with Crippen molar-refractivity contribution in [2.45, 2.75) is 57.9 Å². The molecule has 0 spiro atoms. The summed E-state index contributed by atoms with van der Waals surface area (Å²) in [5.41, 5.74) is 4.63. The van der Waals surface area contributed by atoms with Crippen molar-refractivity contribution in [2.75, 3.05) is 26.7 Å². The van der Waals surface area contributed by atoms with Crippen molar-refractivity contribution in [3.05, 3.63) is 53.0 Å². The standard InChI is InChI=1S/C25H32N4O3/c1-18(30)16-23(20-10-12-24(32-2)26-17-20)29-15-14-28(25(29)31)13-5-7-21-11-9-19-6-3-4-8-22(19)27-21/h9-12,17,23H,3-8,13-16H2,1-2H3/t23-/m0/s1. The van der Waals surface area contributed by atoms with Gasteiger partial charge in [0.1, 0.15) is 5.78 Å². The first-order chi connectivity index (χ1) is 15.5. The van der Waals surface area contributed by atoms with E-state index in [-0.39, 0.29) is 24.3 Å². The fourth-order valence-electron chi connectivity index (χ4n) is 4.71. The van der Waals surface area contributed by atoms with Gasteiger partial charge in [-0.15, -0.1) is 0 Å². The maximum Gasteiger partial charge on any atom is 0.320 e. The number of hydrogen-bond acceptors (Lipinski definition) is 5. The second-order valence-electron chi connectivity index (χ2n) is 8.74. The van der Waals surface area contributed by atoms with Gasteiger partial charge in [-0.25, -0.2) is 9.78 Å². The molecule has 1 atom stereocenters. The summed E-state index contributed by atoms with van der Waals surface area (Å²) in [4.78, 5) is 37.9. The molecule has 1 fully saturated rings. The number of pyridine rings is 2. The third kappa shape index (κ3) is 5.09. The predicted octanol–water partition coefficient (Wildman–Crippen LogP) is 3.75. The Morgan fingerprint density at radius 2 is 2.00 bits per heavy atom. The first-order valence-electron chi connectivity index (χ1n) is 11.6. The molecule has 1 aliphatic carbocycles. The minimum Gasteiger partial charge on any atom is -0.481 e. The molecule has 0 saturated carbocycles. The predicted molar refractivity (Wildman–Crippen MR) is 122 cm³/mol. The maximum atomic E-state index is 13.1. The number of aryl methyl sites for hydroxylation is 3. The van der Waals surface area contributed by atoms with Crippen LogP contribution in [0.2, 0.25) is 0 Å². The zero-order valence-electron chi connectivity index (χ0n) is 19.0. The number of urea groups is 1. The van der Waals surface area contributed by atoms with Gasteiger partial charge in [0.2, 0.25) is 5.88 Å². The molecule has 4 rings (SSSR count). The van der Waals surface area contributed by atoms with Crippen molar-refractivity contribution < 1.29 is 14.3 Å². The van der Waals surface area contributed by atoms with Crippen molar-refractivity contribution in [3.63, 3.8) is 0 Å². The van der Waals surface area contributed by atoms with Crippen molar-refractivity contribution >= 4 is 11.8 Å². The van der Waals surface area contributed by atoms with Crippen LogP contribution >= 0.6 is 0 Å². The van der Waals surface area contributed by atoms with Crippen LogP contribution in [0.1, 0.15) is 61.2 Å². The van der Waals surface area contributed by atoms with Crippen LogP contribution in [0.25, 0.3) is 0 Å². The van der Waals surface area contributed by atoms with Gasteiger partial charge in [-0.2, -0.15) is 0 Å². The fourth-order valence-corrected chi connectivity index (χ4v) is 4.71. The number of aromatic nitrogens is 2. The number of Topliss-reactive ketones (excluding diaryl/α,β-unsaturated/α-hetero) is 1. The second kappa shape index (κ2) is 10.1. The highest BCUT2D eigenvalue weighted by molar-refractivity contribution is 5.80. The topological polar surface area (TPSA) is 75.6 Å². The second-order valence-corrected chi connectivity index (χ2v) is 8.74. The monoisotopic (exact) mass is 436 g/mol. The van der Waals surface area contributed by atoms with E-state index < -0.39 is 0 Å². The van der Waals surface area contributed by atoms with E-state index in [1.54, 1.807) is 26.3 Å². The number of nitrogens with zero attached hydrogens (tertiary/aromatic N) is 4. The summed E-state index contributed by atoms with van der Waals surface area (Å²) in [6.07, 6.45) is 8.46. The van der Waals surface area contributed by atoms with Crippen LogP contribution in [-0.4, -0.2) is 58.3 Å². The van der Waals surface area contributed by atoms with E-state index in [0.717, 1.165) is 36.9 Å². The van der Waals surface area contributed by atoms with E-state index in [0.29, 0.717) is 25.5 Å². The number of ketones is 1. The molecular weight excluding hydrogens is 404 g/mol. The van der Waals surface area contributed by atoms with E-state index in [4.69, 9.17) is 9.72 Å². The lowest BCUT2D eigenvalue weighted by Gasteiger charge is -2.27. The summed E-state index contributed by atoms with van der Waals surface area (Å²) < 4.78 is 5.13. The Kier molecular flexibility index (Phi) is 7.02. The van der Waals surface area contributed by atoms with Gasteiger partial charge in [-0.3, -0.25) is 9.78 Å². The van der Waals surface area contributed by atoms with Gasteiger partial charge in [0, 0.05) is 49.7 Å². The van der Waals surface area contributed by atoms with E-state index in [2.05, 4.69) is 17.1 Å². The Morgan fingerprint density at radius 1 is 1.16 bits per heavy atom. The van der Waals surface area contributed by atoms with Gasteiger partial charge in [0.05, 0.1) is 13.2 Å². The number of rotatable bonds is 9. The van der Waals surface area contributed by atoms with Gasteiger partial charge < -0.3 is 14.5 Å². The molecule has 2 aliphatic rings. The van der Waals surface area contributed by atoms with E-state index in [1.807, 2.05) is 15.9 Å². The van der Waals surface area contributed by atoms with Crippen molar-refractivity contribution in [2.24, 2.45) is 0 Å². The molecule has 32 heavy (non-hydrogen) atoms. The largest absolute Gasteiger partial charge is 0.481 e. The lowest BCUT2D eigenvalue weighted by Crippen LogP contribution is -2.36. The first kappa shape index (κ1) is 22.2. The van der Waals surface area contributed by atoms with Gasteiger partial charge >= 0.3 is 6.03 Å². The highest BCUT2D eigenvalue weighted by atomic mass is 16.5. The molecule has 1 aliphatic heterocycles. The first-order valence-corrected chi connectivity index (χ1v) is 11.6. The lowest BCUT2D eigenvalue weighted by atomic mass is 9.95. The number of fused-ring (bicyclic) bond motifs is 1. The third-order valence-corrected chi connectivity index (χ3v) is 6.43. The molecule has 0 unspecified atom stereocenters. The van der Waals surface area contributed by atoms with Crippen LogP contribution in [0.15, 0.2) is 30.5 Å². The maximum absolute atomic E-state index is 13.1. The molecular formula is C25H32N4O3. The Hall–Kier alpha value is -2.96. The quantitative estimate of drug-likeness (QED) is 0.598. The molecule has 0 radical (unpaired) electrons. The van der Waals surface area contributed by atoms with E-state index in [1.165, 1.54) is 24.1 Å². The summed E-state index contributed by atoms with van der Waals surface area (Å²) in [6.45, 7) is 3.55. The number of hydrogen-bond donors (Lipinski definition) is 0. The molecule has 0 bridgehead atoms. The minimum absolute atomic E-state index is 0.00883. The van der Waals surface area contributed by atoms with Crippen LogP contribution in [0, 0.1) is 0 Å². The van der Waals surface area contributed by atoms with Gasteiger partial charge in [-0.05, 0) is 62.6 Å². The van der Waals surface area contributed by atoms with Crippen LogP contribution in [0.4, 0.5) is 4.79 Å². The Balaban J connectivity index is 1.36. The number of methoxy groups -OCH3 is 1. The molecule has 7 nitrogen and oxygen atoms in total. The van der Waals surface area contributed by atoms with Gasteiger partial charge in [0.15, 0.2) is 0 Å². The fraction of sp³-hybridized carbons (Fsp3) is 0.520. The smallest absolute Gasteiger partial charge is 0.320 e. The lowest BCUT2D eigenvalue weighted by molar-refractivity contribution is -0.118. The number of carbonyl (C=O) groups is 2. The molecule has 7 heteroatoms. The number of amides is 2. The zero-order valence-corrected chi connectivity index (χ0v) is 19.0.